The van der Waals surface area contributed by atoms with Crippen LogP contribution < -0.4 is 4.90 Å². The van der Waals surface area contributed by atoms with Crippen LogP contribution in [0.25, 0.3) is 16.8 Å². The third-order valence-electron chi connectivity index (χ3n) is 7.36. The van der Waals surface area contributed by atoms with Gasteiger partial charge in [0.1, 0.15) is 11.3 Å². The van der Waals surface area contributed by atoms with Crippen molar-refractivity contribution < 1.29 is 9.18 Å². The van der Waals surface area contributed by atoms with Crippen molar-refractivity contribution in [3.05, 3.63) is 76.1 Å². The molecule has 0 radical (unpaired) electrons. The van der Waals surface area contributed by atoms with Crippen LogP contribution in [0.4, 0.5) is 10.2 Å². The number of hydrogen-bond acceptors (Lipinski definition) is 5. The zero-order chi connectivity index (χ0) is 23.6. The third kappa shape index (κ3) is 3.06. The topological polar surface area (TPSA) is 63.4 Å². The molecule has 1 saturated heterocycles. The van der Waals surface area contributed by atoms with E-state index in [1.54, 1.807) is 18.5 Å². The van der Waals surface area contributed by atoms with Crippen molar-refractivity contribution in [2.45, 2.75) is 33.1 Å². The van der Waals surface area contributed by atoms with E-state index in [0.29, 0.717) is 42.9 Å². The van der Waals surface area contributed by atoms with Crippen LogP contribution in [0, 0.1) is 25.1 Å². The van der Waals surface area contributed by atoms with Crippen LogP contribution in [-0.2, 0) is 6.42 Å². The van der Waals surface area contributed by atoms with Gasteiger partial charge in [-0.25, -0.2) is 13.9 Å². The van der Waals surface area contributed by atoms with E-state index in [1.807, 2.05) is 30.5 Å². The van der Waals surface area contributed by atoms with Gasteiger partial charge in [0.15, 0.2) is 11.6 Å². The molecule has 2 aliphatic rings. The highest BCUT2D eigenvalue weighted by atomic mass is 35.5. The summed E-state index contributed by atoms with van der Waals surface area (Å²) in [7, 11) is 0. The maximum Gasteiger partial charge on any atom is 0.169 e. The SMILES string of the molecule is Cc1nccc(-c2c(C)nc(N3CCC4(CC3)Cc3cc(F)ccc3C4=O)c3ccnn23)c1Cl. The Hall–Kier alpha value is -3.32. The summed E-state index contributed by atoms with van der Waals surface area (Å²) in [6.45, 7) is 5.24. The molecule has 8 heteroatoms. The Morgan fingerprint density at radius 2 is 1.82 bits per heavy atom. The molecule has 0 atom stereocenters. The average molecular weight is 476 g/mol. The number of carbonyl (C=O) groups is 1. The van der Waals surface area contributed by atoms with Gasteiger partial charge in [-0.2, -0.15) is 5.10 Å². The van der Waals surface area contributed by atoms with Gasteiger partial charge in [0.25, 0.3) is 0 Å². The van der Waals surface area contributed by atoms with E-state index in [9.17, 15) is 9.18 Å². The number of nitrogens with zero attached hydrogens (tertiary/aromatic N) is 5. The highest BCUT2D eigenvalue weighted by Gasteiger charge is 2.47. The number of anilines is 1. The van der Waals surface area contributed by atoms with E-state index in [-0.39, 0.29) is 11.6 Å². The van der Waals surface area contributed by atoms with Gasteiger partial charge in [-0.1, -0.05) is 11.6 Å². The molecule has 1 aromatic carbocycles. The molecule has 3 aromatic heterocycles. The van der Waals surface area contributed by atoms with Gasteiger partial charge in [0.2, 0.25) is 0 Å². The van der Waals surface area contributed by atoms with E-state index in [1.165, 1.54) is 12.1 Å². The summed E-state index contributed by atoms with van der Waals surface area (Å²) >= 11 is 6.59. The number of aromatic nitrogens is 4. The van der Waals surface area contributed by atoms with Crippen molar-refractivity contribution in [3.8, 4) is 11.3 Å². The Bertz CT molecular complexity index is 1470. The molecule has 0 saturated carbocycles. The van der Waals surface area contributed by atoms with Crippen molar-refractivity contribution in [2.24, 2.45) is 5.41 Å². The van der Waals surface area contributed by atoms with E-state index < -0.39 is 5.41 Å². The van der Waals surface area contributed by atoms with Crippen LogP contribution in [0.15, 0.2) is 42.7 Å². The normalized spacial score (nSPS) is 17.1. The second-order valence-electron chi connectivity index (χ2n) is 9.33. The molecule has 0 unspecified atom stereocenters. The second-order valence-corrected chi connectivity index (χ2v) is 9.71. The predicted octanol–water partition coefficient (Wildman–Crippen LogP) is 5.23. The quantitative estimate of drug-likeness (QED) is 0.397. The molecule has 0 bridgehead atoms. The minimum absolute atomic E-state index is 0.152. The fraction of sp³-hybridized carbons (Fsp3) is 0.308. The van der Waals surface area contributed by atoms with Gasteiger partial charge in [0.05, 0.1) is 28.3 Å². The highest BCUT2D eigenvalue weighted by molar-refractivity contribution is 6.33. The van der Waals surface area contributed by atoms with Gasteiger partial charge in [0, 0.05) is 35.8 Å². The molecule has 1 aliphatic heterocycles. The summed E-state index contributed by atoms with van der Waals surface area (Å²) in [5.41, 5.74) is 5.22. The Labute approximate surface area is 201 Å². The number of benzene rings is 1. The number of piperidine rings is 1. The number of halogens is 2. The van der Waals surface area contributed by atoms with Crippen LogP contribution >= 0.6 is 11.6 Å². The fourth-order valence-corrected chi connectivity index (χ4v) is 5.76. The van der Waals surface area contributed by atoms with Gasteiger partial charge >= 0.3 is 0 Å². The summed E-state index contributed by atoms with van der Waals surface area (Å²) < 4.78 is 15.6. The Kier molecular flexibility index (Phi) is 4.74. The number of carbonyl (C=O) groups excluding carboxylic acids is 1. The Balaban J connectivity index is 1.34. The zero-order valence-corrected chi connectivity index (χ0v) is 19.7. The average Bonchev–Trinajstić information content (AvgIpc) is 3.40. The molecule has 0 amide bonds. The lowest BCUT2D eigenvalue weighted by Gasteiger charge is -2.39. The molecule has 172 valence electrons. The van der Waals surface area contributed by atoms with Crippen LogP contribution in [0.1, 0.15) is 40.2 Å². The third-order valence-corrected chi connectivity index (χ3v) is 7.84. The maximum absolute atomic E-state index is 13.7. The van der Waals surface area contributed by atoms with E-state index >= 15 is 0 Å². The highest BCUT2D eigenvalue weighted by Crippen LogP contribution is 2.45. The zero-order valence-electron chi connectivity index (χ0n) is 19.0. The van der Waals surface area contributed by atoms with Crippen molar-refractivity contribution >= 4 is 28.7 Å². The molecule has 1 aliphatic carbocycles. The van der Waals surface area contributed by atoms with Gasteiger partial charge in [-0.3, -0.25) is 9.78 Å². The summed E-state index contributed by atoms with van der Waals surface area (Å²) in [5.74, 6) is 0.719. The summed E-state index contributed by atoms with van der Waals surface area (Å²) in [5, 5.41) is 5.17. The van der Waals surface area contributed by atoms with Crippen LogP contribution in [0.2, 0.25) is 5.02 Å². The first-order valence-electron chi connectivity index (χ1n) is 11.4. The lowest BCUT2D eigenvalue weighted by atomic mass is 9.75. The molecular weight excluding hydrogens is 453 g/mol. The first kappa shape index (κ1) is 21.2. The lowest BCUT2D eigenvalue weighted by Crippen LogP contribution is -2.43. The summed E-state index contributed by atoms with van der Waals surface area (Å²) in [6.07, 6.45) is 5.54. The van der Waals surface area contributed by atoms with E-state index in [0.717, 1.165) is 39.5 Å². The molecular formula is C26H23ClFN5O. The standard InChI is InChI=1S/C26H23ClFN5O/c1-15-22(27)20(5-9-29-15)23-16(2)31-25(21-6-10-30-33(21)23)32-11-7-26(8-12-32)14-17-13-18(28)3-4-19(17)24(26)34/h3-6,9-10,13H,7-8,11-12,14H2,1-2H3. The molecule has 6 rings (SSSR count). The van der Waals surface area contributed by atoms with Crippen molar-refractivity contribution in [1.82, 2.24) is 19.6 Å². The predicted molar refractivity (Wildman–Crippen MR) is 129 cm³/mol. The van der Waals surface area contributed by atoms with Gasteiger partial charge < -0.3 is 4.90 Å². The number of fused-ring (bicyclic) bond motifs is 2. The molecule has 1 fully saturated rings. The monoisotopic (exact) mass is 475 g/mol. The van der Waals surface area contributed by atoms with Crippen LogP contribution in [0.5, 0.6) is 0 Å². The second kappa shape index (κ2) is 7.60. The first-order chi connectivity index (χ1) is 16.4. The molecule has 34 heavy (non-hydrogen) atoms. The first-order valence-corrected chi connectivity index (χ1v) is 11.8. The minimum atomic E-state index is -0.444. The molecule has 6 nitrogen and oxygen atoms in total. The number of rotatable bonds is 2. The smallest absolute Gasteiger partial charge is 0.169 e. The Morgan fingerprint density at radius 1 is 1.03 bits per heavy atom. The van der Waals surface area contributed by atoms with E-state index in [4.69, 9.17) is 16.6 Å². The van der Waals surface area contributed by atoms with E-state index in [2.05, 4.69) is 15.0 Å². The molecule has 1 spiro atoms. The molecule has 4 aromatic rings. The van der Waals surface area contributed by atoms with Crippen molar-refractivity contribution in [3.63, 3.8) is 0 Å². The Morgan fingerprint density at radius 3 is 2.62 bits per heavy atom. The lowest BCUT2D eigenvalue weighted by molar-refractivity contribution is 0.0774. The summed E-state index contributed by atoms with van der Waals surface area (Å²) in [4.78, 5) is 24.7. The number of ketones is 1. The largest absolute Gasteiger partial charge is 0.355 e. The molecule has 4 heterocycles. The van der Waals surface area contributed by atoms with Crippen molar-refractivity contribution in [2.75, 3.05) is 18.0 Å². The number of hydrogen-bond donors (Lipinski definition) is 0. The van der Waals surface area contributed by atoms with Crippen molar-refractivity contribution in [1.29, 1.82) is 0 Å². The van der Waals surface area contributed by atoms with Gasteiger partial charge in [-0.05, 0) is 69.0 Å². The number of pyridine rings is 1. The fourth-order valence-electron chi connectivity index (χ4n) is 5.56. The van der Waals surface area contributed by atoms with Crippen LogP contribution in [-0.4, -0.2) is 38.5 Å². The summed E-state index contributed by atoms with van der Waals surface area (Å²) in [6, 6.07) is 8.37. The maximum atomic E-state index is 13.7. The van der Waals surface area contributed by atoms with Gasteiger partial charge in [-0.15, -0.1) is 0 Å². The number of aryl methyl sites for hydroxylation is 2. The minimum Gasteiger partial charge on any atom is -0.355 e. The molecule has 0 N–H and O–H groups in total. The van der Waals surface area contributed by atoms with Crippen LogP contribution in [0.3, 0.4) is 0 Å². The number of Topliss-reactive ketones (excluding diaryl/α,β-unsaturated/α-hetero) is 1.